The van der Waals surface area contributed by atoms with Gasteiger partial charge in [-0.2, -0.15) is 0 Å². The van der Waals surface area contributed by atoms with Gasteiger partial charge in [-0.15, -0.1) is 0 Å². The molecular formula is C14H19NO2. The van der Waals surface area contributed by atoms with Gasteiger partial charge >= 0.3 is 0 Å². The Labute approximate surface area is 102 Å². The number of hydrogen-bond acceptors (Lipinski definition) is 2. The second-order valence-corrected chi connectivity index (χ2v) is 4.70. The fourth-order valence-corrected chi connectivity index (χ4v) is 2.08. The van der Waals surface area contributed by atoms with E-state index in [1.165, 1.54) is 11.1 Å². The highest BCUT2D eigenvalue weighted by Gasteiger charge is 2.19. The van der Waals surface area contributed by atoms with E-state index in [4.69, 9.17) is 4.74 Å². The number of carbonyl (C=O) groups excluding carboxylic acids is 1. The summed E-state index contributed by atoms with van der Waals surface area (Å²) >= 11 is 0. The number of rotatable bonds is 3. The Morgan fingerprint density at radius 1 is 1.24 bits per heavy atom. The number of piperidine rings is 1. The SMILES string of the molecule is Cc1ccc(OC2CCN(C=O)CC2)cc1C. The third-order valence-electron chi connectivity index (χ3n) is 3.41. The van der Waals surface area contributed by atoms with E-state index in [2.05, 4.69) is 26.0 Å². The van der Waals surface area contributed by atoms with Crippen LogP contribution in [0.15, 0.2) is 18.2 Å². The molecule has 1 aromatic carbocycles. The van der Waals surface area contributed by atoms with Crippen molar-refractivity contribution < 1.29 is 9.53 Å². The average Bonchev–Trinajstić information content (AvgIpc) is 2.35. The molecule has 0 spiro atoms. The van der Waals surface area contributed by atoms with Gasteiger partial charge in [0.1, 0.15) is 11.9 Å². The summed E-state index contributed by atoms with van der Waals surface area (Å²) in [5.41, 5.74) is 2.54. The van der Waals surface area contributed by atoms with Crippen LogP contribution in [-0.2, 0) is 4.79 Å². The Hall–Kier alpha value is -1.51. The average molecular weight is 233 g/mol. The van der Waals surface area contributed by atoms with Gasteiger partial charge in [-0.1, -0.05) is 6.07 Å². The molecule has 1 heterocycles. The van der Waals surface area contributed by atoms with Crippen LogP contribution < -0.4 is 4.74 Å². The third-order valence-corrected chi connectivity index (χ3v) is 3.41. The maximum Gasteiger partial charge on any atom is 0.209 e. The van der Waals surface area contributed by atoms with Gasteiger partial charge in [0.15, 0.2) is 0 Å². The van der Waals surface area contributed by atoms with Crippen LogP contribution in [0.3, 0.4) is 0 Å². The molecule has 3 heteroatoms. The number of aryl methyl sites for hydroxylation is 2. The maximum atomic E-state index is 10.6. The molecule has 1 saturated heterocycles. The van der Waals surface area contributed by atoms with E-state index in [0.717, 1.165) is 38.1 Å². The van der Waals surface area contributed by atoms with Crippen LogP contribution in [0.25, 0.3) is 0 Å². The van der Waals surface area contributed by atoms with Crippen molar-refractivity contribution in [3.8, 4) is 5.75 Å². The Morgan fingerprint density at radius 2 is 1.94 bits per heavy atom. The van der Waals surface area contributed by atoms with Crippen LogP contribution in [0.1, 0.15) is 24.0 Å². The Bertz CT molecular complexity index is 395. The molecule has 92 valence electrons. The van der Waals surface area contributed by atoms with Crippen LogP contribution in [0.4, 0.5) is 0 Å². The molecule has 3 nitrogen and oxygen atoms in total. The quantitative estimate of drug-likeness (QED) is 0.750. The normalized spacial score (nSPS) is 16.9. The number of likely N-dealkylation sites (tertiary alicyclic amines) is 1. The highest BCUT2D eigenvalue weighted by atomic mass is 16.5. The number of hydrogen-bond donors (Lipinski definition) is 0. The lowest BCUT2D eigenvalue weighted by molar-refractivity contribution is -0.119. The van der Waals surface area contributed by atoms with Crippen LogP contribution in [-0.4, -0.2) is 30.5 Å². The number of ether oxygens (including phenoxy) is 1. The summed E-state index contributed by atoms with van der Waals surface area (Å²) in [6, 6.07) is 6.20. The third kappa shape index (κ3) is 2.99. The van der Waals surface area contributed by atoms with Crippen molar-refractivity contribution in [3.63, 3.8) is 0 Å². The first-order chi connectivity index (χ1) is 8.19. The Kier molecular flexibility index (Phi) is 3.67. The van der Waals surface area contributed by atoms with E-state index in [0.29, 0.717) is 0 Å². The van der Waals surface area contributed by atoms with Crippen LogP contribution in [0.5, 0.6) is 5.75 Å². The summed E-state index contributed by atoms with van der Waals surface area (Å²) < 4.78 is 5.94. The standard InChI is InChI=1S/C14H19NO2/c1-11-3-4-14(9-12(11)2)17-13-5-7-15(10-16)8-6-13/h3-4,9-10,13H,5-8H2,1-2H3. The fourth-order valence-electron chi connectivity index (χ4n) is 2.08. The molecular weight excluding hydrogens is 214 g/mol. The minimum absolute atomic E-state index is 0.244. The number of benzene rings is 1. The van der Waals surface area contributed by atoms with Crippen molar-refractivity contribution in [2.75, 3.05) is 13.1 Å². The van der Waals surface area contributed by atoms with Gasteiger partial charge in [0.2, 0.25) is 6.41 Å². The molecule has 17 heavy (non-hydrogen) atoms. The van der Waals surface area contributed by atoms with E-state index in [1.807, 2.05) is 6.07 Å². The summed E-state index contributed by atoms with van der Waals surface area (Å²) in [6.45, 7) is 5.80. The smallest absolute Gasteiger partial charge is 0.209 e. The van der Waals surface area contributed by atoms with Gasteiger partial charge in [-0.05, 0) is 37.1 Å². The topological polar surface area (TPSA) is 29.5 Å². The van der Waals surface area contributed by atoms with Gasteiger partial charge < -0.3 is 9.64 Å². The second kappa shape index (κ2) is 5.21. The first-order valence-corrected chi connectivity index (χ1v) is 6.12. The highest BCUT2D eigenvalue weighted by molar-refractivity contribution is 5.47. The lowest BCUT2D eigenvalue weighted by Crippen LogP contribution is -2.37. The number of nitrogens with zero attached hydrogens (tertiary/aromatic N) is 1. The monoisotopic (exact) mass is 233 g/mol. The molecule has 0 aromatic heterocycles. The molecule has 1 aliphatic rings. The van der Waals surface area contributed by atoms with E-state index >= 15 is 0 Å². The van der Waals surface area contributed by atoms with E-state index < -0.39 is 0 Å². The summed E-state index contributed by atoms with van der Waals surface area (Å²) in [5, 5.41) is 0. The Balaban J connectivity index is 1.93. The van der Waals surface area contributed by atoms with Gasteiger partial charge in [0, 0.05) is 25.9 Å². The zero-order valence-electron chi connectivity index (χ0n) is 10.5. The maximum absolute atomic E-state index is 10.6. The lowest BCUT2D eigenvalue weighted by atomic mass is 10.1. The highest BCUT2D eigenvalue weighted by Crippen LogP contribution is 2.21. The summed E-state index contributed by atoms with van der Waals surface area (Å²) in [5.74, 6) is 0.942. The van der Waals surface area contributed by atoms with Crippen molar-refractivity contribution in [2.24, 2.45) is 0 Å². The molecule has 1 aromatic rings. The molecule has 0 bridgehead atoms. The molecule has 0 radical (unpaired) electrons. The summed E-state index contributed by atoms with van der Waals surface area (Å²) in [7, 11) is 0. The molecule has 0 atom stereocenters. The minimum atomic E-state index is 0.244. The van der Waals surface area contributed by atoms with Gasteiger partial charge in [0.05, 0.1) is 0 Å². The van der Waals surface area contributed by atoms with E-state index in [1.54, 1.807) is 4.90 Å². The van der Waals surface area contributed by atoms with Crippen LogP contribution >= 0.6 is 0 Å². The van der Waals surface area contributed by atoms with E-state index in [9.17, 15) is 4.79 Å². The van der Waals surface area contributed by atoms with Gasteiger partial charge in [-0.3, -0.25) is 4.79 Å². The molecule has 2 rings (SSSR count). The van der Waals surface area contributed by atoms with Crippen molar-refractivity contribution in [3.05, 3.63) is 29.3 Å². The van der Waals surface area contributed by atoms with Crippen LogP contribution in [0, 0.1) is 13.8 Å². The lowest BCUT2D eigenvalue weighted by Gasteiger charge is -2.29. The van der Waals surface area contributed by atoms with Crippen molar-refractivity contribution in [1.82, 2.24) is 4.90 Å². The molecule has 1 aliphatic heterocycles. The van der Waals surface area contributed by atoms with Crippen molar-refractivity contribution in [1.29, 1.82) is 0 Å². The second-order valence-electron chi connectivity index (χ2n) is 4.70. The number of amides is 1. The fraction of sp³-hybridized carbons (Fsp3) is 0.500. The first kappa shape index (κ1) is 12.0. The van der Waals surface area contributed by atoms with Crippen molar-refractivity contribution in [2.45, 2.75) is 32.8 Å². The summed E-state index contributed by atoms with van der Waals surface area (Å²) in [6.07, 6.45) is 3.01. The van der Waals surface area contributed by atoms with Gasteiger partial charge in [0.25, 0.3) is 0 Å². The van der Waals surface area contributed by atoms with Gasteiger partial charge in [-0.25, -0.2) is 0 Å². The molecule has 0 N–H and O–H groups in total. The molecule has 1 amide bonds. The largest absolute Gasteiger partial charge is 0.490 e. The zero-order chi connectivity index (χ0) is 12.3. The van der Waals surface area contributed by atoms with Crippen molar-refractivity contribution >= 4 is 6.41 Å². The minimum Gasteiger partial charge on any atom is -0.490 e. The van der Waals surface area contributed by atoms with E-state index in [-0.39, 0.29) is 6.10 Å². The molecule has 0 unspecified atom stereocenters. The Morgan fingerprint density at radius 3 is 2.53 bits per heavy atom. The predicted octanol–water partition coefficient (Wildman–Crippen LogP) is 2.30. The predicted molar refractivity (Wildman–Crippen MR) is 67.2 cm³/mol. The first-order valence-electron chi connectivity index (χ1n) is 6.12. The van der Waals surface area contributed by atoms with Crippen LogP contribution in [0.2, 0.25) is 0 Å². The number of carbonyl (C=O) groups is 1. The molecule has 0 saturated carbocycles. The zero-order valence-corrected chi connectivity index (χ0v) is 10.5. The summed E-state index contributed by atoms with van der Waals surface area (Å²) in [4.78, 5) is 12.4. The molecule has 1 fully saturated rings. The molecule has 0 aliphatic carbocycles.